The summed E-state index contributed by atoms with van der Waals surface area (Å²) in [7, 11) is 0. The molecule has 0 spiro atoms. The summed E-state index contributed by atoms with van der Waals surface area (Å²) in [5, 5.41) is 0.561. The van der Waals surface area contributed by atoms with Crippen molar-refractivity contribution in [3.05, 3.63) is 70.4 Å². The van der Waals surface area contributed by atoms with Gasteiger partial charge in [-0.1, -0.05) is 23.8 Å². The molecule has 4 aliphatic rings. The Bertz CT molecular complexity index is 791. The zero-order chi connectivity index (χ0) is 16.7. The van der Waals surface area contributed by atoms with Crippen LogP contribution in [0.15, 0.2) is 59.8 Å². The highest BCUT2D eigenvalue weighted by molar-refractivity contribution is 6.30. The van der Waals surface area contributed by atoms with Crippen molar-refractivity contribution in [2.45, 2.75) is 12.8 Å². The lowest BCUT2D eigenvalue weighted by Gasteiger charge is -2.41. The maximum Gasteiger partial charge on any atom is 0.362 e. The minimum Gasteiger partial charge on any atom is -0.338 e. The SMILES string of the molecule is O=C(ONC1=C2[C@H](C(=O)C=C1)[C@H]1C=C[C@@H]2CC1)c1ccc(Cl)cc1. The molecule has 2 bridgehead atoms. The van der Waals surface area contributed by atoms with Crippen molar-refractivity contribution in [3.8, 4) is 0 Å². The number of benzene rings is 1. The van der Waals surface area contributed by atoms with E-state index in [2.05, 4.69) is 17.6 Å². The smallest absolute Gasteiger partial charge is 0.338 e. The Morgan fingerprint density at radius 1 is 1.12 bits per heavy atom. The first-order chi connectivity index (χ1) is 11.6. The zero-order valence-electron chi connectivity index (χ0n) is 12.9. The third-order valence-corrected chi connectivity index (χ3v) is 5.18. The standard InChI is InChI=1S/C19H16ClNO3/c20-14-7-5-13(6-8-14)19(23)24-21-15-9-10-16(22)18-12-3-1-11(2-4-12)17(15)18/h1,3,5-12,18,21H,2,4H2/t11-,12+,18+/m1/s1. The monoisotopic (exact) mass is 341 g/mol. The molecule has 24 heavy (non-hydrogen) atoms. The summed E-state index contributed by atoms with van der Waals surface area (Å²) in [4.78, 5) is 29.6. The first kappa shape index (κ1) is 15.2. The first-order valence-corrected chi connectivity index (χ1v) is 8.38. The number of nitrogens with one attached hydrogen (secondary N) is 1. The van der Waals surface area contributed by atoms with E-state index in [4.69, 9.17) is 16.4 Å². The number of hydrogen-bond acceptors (Lipinski definition) is 4. The van der Waals surface area contributed by atoms with Crippen LogP contribution in [0, 0.1) is 17.8 Å². The van der Waals surface area contributed by atoms with E-state index in [1.54, 1.807) is 36.4 Å². The van der Waals surface area contributed by atoms with E-state index in [1.807, 2.05) is 0 Å². The van der Waals surface area contributed by atoms with Gasteiger partial charge in [-0.05, 0) is 60.8 Å². The summed E-state index contributed by atoms with van der Waals surface area (Å²) >= 11 is 5.82. The van der Waals surface area contributed by atoms with Gasteiger partial charge in [0, 0.05) is 10.9 Å². The van der Waals surface area contributed by atoms with Crippen LogP contribution < -0.4 is 5.48 Å². The molecule has 122 valence electrons. The van der Waals surface area contributed by atoms with Crippen LogP contribution in [-0.2, 0) is 9.63 Å². The highest BCUT2D eigenvalue weighted by Crippen LogP contribution is 2.47. The summed E-state index contributed by atoms with van der Waals surface area (Å²) < 4.78 is 0. The van der Waals surface area contributed by atoms with Gasteiger partial charge in [0.2, 0.25) is 0 Å². The van der Waals surface area contributed by atoms with Crippen LogP contribution >= 0.6 is 11.6 Å². The fraction of sp³-hybridized carbons (Fsp3) is 0.263. The van der Waals surface area contributed by atoms with E-state index in [0.717, 1.165) is 24.1 Å². The summed E-state index contributed by atoms with van der Waals surface area (Å²) in [5.74, 6) is 0.0316. The lowest BCUT2D eigenvalue weighted by Crippen LogP contribution is -2.39. The molecule has 0 aliphatic heterocycles. The zero-order valence-corrected chi connectivity index (χ0v) is 13.6. The Morgan fingerprint density at radius 3 is 2.62 bits per heavy atom. The highest BCUT2D eigenvalue weighted by atomic mass is 35.5. The molecule has 5 heteroatoms. The van der Waals surface area contributed by atoms with Gasteiger partial charge in [-0.3, -0.25) is 4.79 Å². The quantitative estimate of drug-likeness (QED) is 0.674. The largest absolute Gasteiger partial charge is 0.362 e. The molecule has 1 saturated carbocycles. The van der Waals surface area contributed by atoms with Crippen molar-refractivity contribution >= 4 is 23.4 Å². The van der Waals surface area contributed by atoms with Crippen molar-refractivity contribution in [1.29, 1.82) is 0 Å². The van der Waals surface area contributed by atoms with Crippen LogP contribution in [0.3, 0.4) is 0 Å². The van der Waals surface area contributed by atoms with Gasteiger partial charge in [0.15, 0.2) is 5.78 Å². The number of rotatable bonds is 3. The predicted molar refractivity (Wildman–Crippen MR) is 90.0 cm³/mol. The molecule has 4 aliphatic carbocycles. The van der Waals surface area contributed by atoms with Gasteiger partial charge in [-0.15, -0.1) is 0 Å². The van der Waals surface area contributed by atoms with Crippen LogP contribution in [0.5, 0.6) is 0 Å². The van der Waals surface area contributed by atoms with Gasteiger partial charge < -0.3 is 4.84 Å². The predicted octanol–water partition coefficient (Wildman–Crippen LogP) is 3.61. The molecular formula is C19H16ClNO3. The van der Waals surface area contributed by atoms with Crippen LogP contribution in [0.1, 0.15) is 23.2 Å². The number of hydroxylamine groups is 1. The Labute approximate surface area is 144 Å². The first-order valence-electron chi connectivity index (χ1n) is 8.00. The molecule has 3 atom stereocenters. The van der Waals surface area contributed by atoms with E-state index in [-0.39, 0.29) is 23.5 Å². The minimum absolute atomic E-state index is 0.115. The second-order valence-corrected chi connectivity index (χ2v) is 6.75. The van der Waals surface area contributed by atoms with Gasteiger partial charge in [0.25, 0.3) is 0 Å². The Hall–Kier alpha value is -2.33. The molecule has 4 nitrogen and oxygen atoms in total. The number of allylic oxidation sites excluding steroid dienone is 5. The van der Waals surface area contributed by atoms with Gasteiger partial charge in [0.05, 0.1) is 17.2 Å². The van der Waals surface area contributed by atoms with E-state index < -0.39 is 5.97 Å². The Kier molecular flexibility index (Phi) is 3.77. The molecule has 1 aromatic rings. The van der Waals surface area contributed by atoms with Crippen molar-refractivity contribution in [3.63, 3.8) is 0 Å². The molecule has 1 fully saturated rings. The van der Waals surface area contributed by atoms with Crippen LogP contribution in [-0.4, -0.2) is 11.8 Å². The van der Waals surface area contributed by atoms with Crippen LogP contribution in [0.4, 0.5) is 0 Å². The minimum atomic E-state index is -0.488. The maximum absolute atomic E-state index is 12.3. The molecule has 0 heterocycles. The molecule has 5 rings (SSSR count). The van der Waals surface area contributed by atoms with Gasteiger partial charge in [0.1, 0.15) is 0 Å². The lowest BCUT2D eigenvalue weighted by atomic mass is 9.62. The number of carbonyl (C=O) groups is 2. The van der Waals surface area contributed by atoms with Crippen molar-refractivity contribution < 1.29 is 14.4 Å². The second-order valence-electron chi connectivity index (χ2n) is 6.31. The molecule has 0 amide bonds. The highest BCUT2D eigenvalue weighted by Gasteiger charge is 2.42. The van der Waals surface area contributed by atoms with Crippen LogP contribution in [0.2, 0.25) is 5.02 Å². The maximum atomic E-state index is 12.3. The number of hydrogen-bond donors (Lipinski definition) is 1. The average molecular weight is 342 g/mol. The molecule has 0 radical (unpaired) electrons. The molecule has 1 aromatic carbocycles. The average Bonchev–Trinajstić information content (AvgIpc) is 2.62. The van der Waals surface area contributed by atoms with Crippen molar-refractivity contribution in [2.24, 2.45) is 17.8 Å². The number of carbonyl (C=O) groups excluding carboxylic acids is 2. The Balaban J connectivity index is 1.54. The topological polar surface area (TPSA) is 55.4 Å². The fourth-order valence-corrected chi connectivity index (χ4v) is 3.90. The van der Waals surface area contributed by atoms with Crippen molar-refractivity contribution in [2.75, 3.05) is 0 Å². The number of fused-ring (bicyclic) bond motifs is 1. The summed E-state index contributed by atoms with van der Waals surface area (Å²) in [5.41, 5.74) is 4.94. The van der Waals surface area contributed by atoms with Crippen LogP contribution in [0.25, 0.3) is 0 Å². The Morgan fingerprint density at radius 2 is 1.92 bits per heavy atom. The molecule has 0 unspecified atom stereocenters. The fourth-order valence-electron chi connectivity index (χ4n) is 3.78. The van der Waals surface area contributed by atoms with E-state index >= 15 is 0 Å². The van der Waals surface area contributed by atoms with Crippen molar-refractivity contribution in [1.82, 2.24) is 5.48 Å². The third kappa shape index (κ3) is 2.57. The molecule has 0 aromatic heterocycles. The second kappa shape index (κ2) is 5.95. The van der Waals surface area contributed by atoms with Gasteiger partial charge in [-0.2, -0.15) is 0 Å². The summed E-state index contributed by atoms with van der Waals surface area (Å²) in [6.07, 6.45) is 9.65. The third-order valence-electron chi connectivity index (χ3n) is 4.93. The molecule has 1 N–H and O–H groups in total. The van der Waals surface area contributed by atoms with Gasteiger partial charge in [-0.25, -0.2) is 10.3 Å². The van der Waals surface area contributed by atoms with E-state index in [0.29, 0.717) is 10.6 Å². The molecule has 0 saturated heterocycles. The summed E-state index contributed by atoms with van der Waals surface area (Å²) in [6, 6.07) is 6.50. The number of ketones is 1. The van der Waals surface area contributed by atoms with E-state index in [9.17, 15) is 9.59 Å². The van der Waals surface area contributed by atoms with Gasteiger partial charge >= 0.3 is 5.97 Å². The van der Waals surface area contributed by atoms with E-state index in [1.165, 1.54) is 0 Å². The molecular weight excluding hydrogens is 326 g/mol. The summed E-state index contributed by atoms with van der Waals surface area (Å²) in [6.45, 7) is 0. The lowest BCUT2D eigenvalue weighted by molar-refractivity contribution is -0.119. The number of halogens is 1. The normalized spacial score (nSPS) is 27.2.